The number of amides is 1. The van der Waals surface area contributed by atoms with E-state index in [1.54, 1.807) is 0 Å². The second-order valence-corrected chi connectivity index (χ2v) is 7.32. The molecule has 2 fully saturated rings. The first-order chi connectivity index (χ1) is 11.8. The average Bonchev–Trinajstić information content (AvgIpc) is 2.63. The maximum absolute atomic E-state index is 13.2. The van der Waals surface area contributed by atoms with Crippen LogP contribution in [-0.4, -0.2) is 55.0 Å². The molecule has 4 nitrogen and oxygen atoms in total. The van der Waals surface area contributed by atoms with E-state index in [0.29, 0.717) is 11.8 Å². The van der Waals surface area contributed by atoms with Gasteiger partial charge in [0.05, 0.1) is 6.04 Å². The van der Waals surface area contributed by atoms with Crippen LogP contribution in [0.2, 0.25) is 0 Å². The molecule has 0 bridgehead atoms. The normalized spacial score (nSPS) is 25.6. The molecule has 132 valence electrons. The lowest BCUT2D eigenvalue weighted by Gasteiger charge is -2.40. The average molecular weight is 329 g/mol. The first-order valence-electron chi connectivity index (χ1n) is 9.49. The van der Waals surface area contributed by atoms with Gasteiger partial charge in [-0.1, -0.05) is 36.8 Å². The molecule has 24 heavy (non-hydrogen) atoms. The van der Waals surface area contributed by atoms with Crippen molar-refractivity contribution in [1.29, 1.82) is 0 Å². The van der Waals surface area contributed by atoms with Gasteiger partial charge in [-0.3, -0.25) is 9.69 Å². The predicted molar refractivity (Wildman–Crippen MR) is 97.7 cm³/mol. The van der Waals surface area contributed by atoms with Crippen molar-refractivity contribution in [3.8, 4) is 0 Å². The van der Waals surface area contributed by atoms with E-state index in [0.717, 1.165) is 45.6 Å². The van der Waals surface area contributed by atoms with Gasteiger partial charge in [0.1, 0.15) is 0 Å². The number of nitrogens with one attached hydrogen (secondary N) is 1. The Kier molecular flexibility index (Phi) is 6.27. The molecule has 1 amide bonds. The third-order valence-corrected chi connectivity index (χ3v) is 5.45. The van der Waals surface area contributed by atoms with E-state index in [9.17, 15) is 4.79 Å². The molecule has 3 rings (SSSR count). The molecule has 2 saturated heterocycles. The summed E-state index contributed by atoms with van der Waals surface area (Å²) in [6.45, 7) is 4.82. The van der Waals surface area contributed by atoms with Crippen LogP contribution in [0, 0.1) is 5.92 Å². The van der Waals surface area contributed by atoms with E-state index >= 15 is 0 Å². The molecule has 0 aliphatic carbocycles. The lowest BCUT2D eigenvalue weighted by molar-refractivity contribution is -0.140. The second-order valence-electron chi connectivity index (χ2n) is 7.32. The zero-order chi connectivity index (χ0) is 16.8. The number of carbonyl (C=O) groups excluding carboxylic acids is 1. The van der Waals surface area contributed by atoms with Crippen LogP contribution in [0.3, 0.4) is 0 Å². The minimum atomic E-state index is 0.0762. The molecule has 0 radical (unpaired) electrons. The van der Waals surface area contributed by atoms with Gasteiger partial charge in [-0.15, -0.1) is 0 Å². The summed E-state index contributed by atoms with van der Waals surface area (Å²) in [5, 5.41) is 3.27. The van der Waals surface area contributed by atoms with Gasteiger partial charge in [0.15, 0.2) is 0 Å². The van der Waals surface area contributed by atoms with Crippen LogP contribution in [0.15, 0.2) is 30.3 Å². The van der Waals surface area contributed by atoms with E-state index in [1.807, 2.05) is 7.05 Å². The minimum Gasteiger partial charge on any atom is -0.341 e. The fourth-order valence-electron chi connectivity index (χ4n) is 4.21. The van der Waals surface area contributed by atoms with Gasteiger partial charge in [0.25, 0.3) is 0 Å². The van der Waals surface area contributed by atoms with Crippen molar-refractivity contribution >= 4 is 5.91 Å². The van der Waals surface area contributed by atoms with E-state index in [-0.39, 0.29) is 6.04 Å². The highest BCUT2D eigenvalue weighted by molar-refractivity contribution is 5.82. The summed E-state index contributed by atoms with van der Waals surface area (Å²) >= 11 is 0. The highest BCUT2D eigenvalue weighted by atomic mass is 16.2. The van der Waals surface area contributed by atoms with Crippen LogP contribution in [0.5, 0.6) is 0 Å². The van der Waals surface area contributed by atoms with Gasteiger partial charge in [0, 0.05) is 19.6 Å². The molecule has 2 aliphatic rings. The molecular formula is C20H31N3O. The number of rotatable bonds is 5. The summed E-state index contributed by atoms with van der Waals surface area (Å²) < 4.78 is 0. The summed E-state index contributed by atoms with van der Waals surface area (Å²) in [4.78, 5) is 17.7. The molecule has 0 aromatic heterocycles. The van der Waals surface area contributed by atoms with Crippen LogP contribution in [0.25, 0.3) is 0 Å². The number of piperidine rings is 2. The molecular weight excluding hydrogens is 298 g/mol. The Bertz CT molecular complexity index is 517. The van der Waals surface area contributed by atoms with Gasteiger partial charge < -0.3 is 10.2 Å². The van der Waals surface area contributed by atoms with E-state index in [4.69, 9.17) is 0 Å². The fraction of sp³-hybridized carbons (Fsp3) is 0.650. The summed E-state index contributed by atoms with van der Waals surface area (Å²) in [5.74, 6) is 0.977. The van der Waals surface area contributed by atoms with Crippen molar-refractivity contribution in [3.05, 3.63) is 35.9 Å². The molecule has 1 aromatic carbocycles. The Labute approximate surface area is 146 Å². The lowest BCUT2D eigenvalue weighted by Crippen LogP contribution is -2.53. The minimum absolute atomic E-state index is 0.0762. The molecule has 0 spiro atoms. The van der Waals surface area contributed by atoms with Crippen LogP contribution in [0.1, 0.15) is 37.7 Å². The van der Waals surface area contributed by atoms with Gasteiger partial charge in [-0.2, -0.15) is 0 Å². The fourth-order valence-corrected chi connectivity index (χ4v) is 4.21. The summed E-state index contributed by atoms with van der Waals surface area (Å²) in [5.41, 5.74) is 1.31. The summed E-state index contributed by atoms with van der Waals surface area (Å²) in [7, 11) is 2.00. The van der Waals surface area contributed by atoms with Crippen LogP contribution in [-0.2, 0) is 11.3 Å². The first kappa shape index (κ1) is 17.4. The highest BCUT2D eigenvalue weighted by Crippen LogP contribution is 2.24. The van der Waals surface area contributed by atoms with Crippen molar-refractivity contribution in [3.63, 3.8) is 0 Å². The van der Waals surface area contributed by atoms with Gasteiger partial charge in [-0.05, 0) is 57.3 Å². The molecule has 4 heteroatoms. The maximum Gasteiger partial charge on any atom is 0.239 e. The number of likely N-dealkylation sites (tertiary alicyclic amines) is 2. The van der Waals surface area contributed by atoms with Gasteiger partial charge in [-0.25, -0.2) is 0 Å². The Hall–Kier alpha value is -1.39. The Balaban J connectivity index is 1.64. The Morgan fingerprint density at radius 2 is 1.96 bits per heavy atom. The Morgan fingerprint density at radius 3 is 2.75 bits per heavy atom. The van der Waals surface area contributed by atoms with Crippen LogP contribution in [0.4, 0.5) is 0 Å². The van der Waals surface area contributed by atoms with E-state index in [1.165, 1.54) is 24.8 Å². The second kappa shape index (κ2) is 8.63. The van der Waals surface area contributed by atoms with Crippen molar-refractivity contribution in [2.75, 3.05) is 33.2 Å². The lowest BCUT2D eigenvalue weighted by atomic mass is 9.95. The quantitative estimate of drug-likeness (QED) is 0.901. The van der Waals surface area contributed by atoms with Crippen LogP contribution < -0.4 is 5.32 Å². The van der Waals surface area contributed by atoms with Crippen LogP contribution >= 0.6 is 0 Å². The summed E-state index contributed by atoms with van der Waals surface area (Å²) in [6.07, 6.45) is 5.78. The molecule has 2 heterocycles. The van der Waals surface area contributed by atoms with E-state index < -0.39 is 0 Å². The highest BCUT2D eigenvalue weighted by Gasteiger charge is 2.33. The molecule has 1 N–H and O–H groups in total. The standard InChI is InChI=1S/C20H31N3O/c1-21-14-18-10-7-13-23(16-18)20(24)19-11-5-6-12-22(19)15-17-8-3-2-4-9-17/h2-4,8-9,18-19,21H,5-7,10-16H2,1H3. The number of carbonyl (C=O) groups is 1. The third kappa shape index (κ3) is 4.37. The number of hydrogen-bond acceptors (Lipinski definition) is 3. The zero-order valence-corrected chi connectivity index (χ0v) is 14.9. The number of hydrogen-bond donors (Lipinski definition) is 1. The van der Waals surface area contributed by atoms with Gasteiger partial charge in [0.2, 0.25) is 5.91 Å². The third-order valence-electron chi connectivity index (χ3n) is 5.45. The molecule has 2 aliphatic heterocycles. The number of benzene rings is 1. The van der Waals surface area contributed by atoms with Gasteiger partial charge >= 0.3 is 0 Å². The smallest absolute Gasteiger partial charge is 0.239 e. The molecule has 1 aromatic rings. The SMILES string of the molecule is CNCC1CCCN(C(=O)C2CCCCN2Cc2ccccc2)C1. The molecule has 0 saturated carbocycles. The largest absolute Gasteiger partial charge is 0.341 e. The number of nitrogens with zero attached hydrogens (tertiary/aromatic N) is 2. The van der Waals surface area contributed by atoms with E-state index in [2.05, 4.69) is 45.4 Å². The summed E-state index contributed by atoms with van der Waals surface area (Å²) in [6, 6.07) is 10.6. The maximum atomic E-state index is 13.2. The van der Waals surface area contributed by atoms with Crippen molar-refractivity contribution in [2.24, 2.45) is 5.92 Å². The first-order valence-corrected chi connectivity index (χ1v) is 9.49. The van der Waals surface area contributed by atoms with Crippen molar-refractivity contribution in [2.45, 2.75) is 44.7 Å². The monoisotopic (exact) mass is 329 g/mol. The molecule has 2 atom stereocenters. The zero-order valence-electron chi connectivity index (χ0n) is 14.9. The van der Waals surface area contributed by atoms with Crippen molar-refractivity contribution < 1.29 is 4.79 Å². The molecule has 2 unspecified atom stereocenters. The topological polar surface area (TPSA) is 35.6 Å². The Morgan fingerprint density at radius 1 is 1.12 bits per heavy atom. The van der Waals surface area contributed by atoms with Crippen molar-refractivity contribution in [1.82, 2.24) is 15.1 Å². The predicted octanol–water partition coefficient (Wildman–Crippen LogP) is 2.50.